The van der Waals surface area contributed by atoms with Crippen LogP contribution in [0.5, 0.6) is 0 Å². The predicted molar refractivity (Wildman–Crippen MR) is 127 cm³/mol. The molecule has 7 heteroatoms. The Labute approximate surface area is 192 Å². The summed E-state index contributed by atoms with van der Waals surface area (Å²) in [5.41, 5.74) is 5.13. The standard InChI is InChI=1S/C26H24N4O3/c1-18-6-8-20(9-7-18)25-28-29-26(33-25)21-12-10-19(11-13-21)24(31)27-22-4-2-3-5-23(22)30-14-16-32-17-15-30/h2-13H,14-17H2,1H3,(H,27,31). The third kappa shape index (κ3) is 4.63. The Hall–Kier alpha value is -3.97. The number of hydrogen-bond acceptors (Lipinski definition) is 6. The fourth-order valence-electron chi connectivity index (χ4n) is 3.77. The van der Waals surface area contributed by atoms with Gasteiger partial charge in [0.1, 0.15) is 0 Å². The highest BCUT2D eigenvalue weighted by molar-refractivity contribution is 6.06. The van der Waals surface area contributed by atoms with Crippen molar-refractivity contribution in [2.75, 3.05) is 36.5 Å². The average Bonchev–Trinajstić information content (AvgIpc) is 3.36. The number of anilines is 2. The van der Waals surface area contributed by atoms with Crippen molar-refractivity contribution in [3.05, 3.63) is 83.9 Å². The van der Waals surface area contributed by atoms with Gasteiger partial charge < -0.3 is 19.4 Å². The van der Waals surface area contributed by atoms with Crippen molar-refractivity contribution in [1.82, 2.24) is 10.2 Å². The molecular formula is C26H24N4O3. The van der Waals surface area contributed by atoms with Gasteiger partial charge in [-0.2, -0.15) is 0 Å². The van der Waals surface area contributed by atoms with E-state index in [4.69, 9.17) is 9.15 Å². The van der Waals surface area contributed by atoms with E-state index in [2.05, 4.69) is 20.4 Å². The van der Waals surface area contributed by atoms with Crippen LogP contribution in [0.25, 0.3) is 22.9 Å². The lowest BCUT2D eigenvalue weighted by atomic mass is 10.1. The minimum atomic E-state index is -0.173. The highest BCUT2D eigenvalue weighted by Gasteiger charge is 2.17. The first-order chi connectivity index (χ1) is 16.2. The molecule has 3 aromatic carbocycles. The lowest BCUT2D eigenvalue weighted by Crippen LogP contribution is -2.36. The second-order valence-corrected chi connectivity index (χ2v) is 7.93. The molecule has 1 aliphatic rings. The van der Waals surface area contributed by atoms with Crippen LogP contribution in [0, 0.1) is 6.92 Å². The van der Waals surface area contributed by atoms with Crippen LogP contribution < -0.4 is 10.2 Å². The molecule has 0 bridgehead atoms. The maximum Gasteiger partial charge on any atom is 0.255 e. The summed E-state index contributed by atoms with van der Waals surface area (Å²) < 4.78 is 11.3. The van der Waals surface area contributed by atoms with Crippen molar-refractivity contribution in [1.29, 1.82) is 0 Å². The van der Waals surface area contributed by atoms with Gasteiger partial charge in [-0.1, -0.05) is 29.8 Å². The summed E-state index contributed by atoms with van der Waals surface area (Å²) in [5, 5.41) is 11.3. The lowest BCUT2D eigenvalue weighted by Gasteiger charge is -2.30. The van der Waals surface area contributed by atoms with Crippen LogP contribution in [0.15, 0.2) is 77.2 Å². The van der Waals surface area contributed by atoms with Gasteiger partial charge in [0.05, 0.1) is 24.6 Å². The Bertz CT molecular complexity index is 1240. The Morgan fingerprint density at radius 2 is 1.45 bits per heavy atom. The van der Waals surface area contributed by atoms with E-state index in [0.717, 1.165) is 35.6 Å². The molecular weight excluding hydrogens is 416 g/mol. The molecule has 1 N–H and O–H groups in total. The summed E-state index contributed by atoms with van der Waals surface area (Å²) in [5.74, 6) is 0.704. The molecule has 0 unspecified atom stereocenters. The highest BCUT2D eigenvalue weighted by atomic mass is 16.5. The number of para-hydroxylation sites is 2. The van der Waals surface area contributed by atoms with Gasteiger partial charge >= 0.3 is 0 Å². The zero-order valence-corrected chi connectivity index (χ0v) is 18.3. The summed E-state index contributed by atoms with van der Waals surface area (Å²) in [4.78, 5) is 15.1. The number of hydrogen-bond donors (Lipinski definition) is 1. The van der Waals surface area contributed by atoms with E-state index in [9.17, 15) is 4.79 Å². The molecule has 0 radical (unpaired) electrons. The average molecular weight is 441 g/mol. The van der Waals surface area contributed by atoms with E-state index in [-0.39, 0.29) is 5.91 Å². The van der Waals surface area contributed by atoms with E-state index in [1.807, 2.05) is 67.6 Å². The number of aryl methyl sites for hydroxylation is 1. The molecule has 33 heavy (non-hydrogen) atoms. The molecule has 166 valence electrons. The zero-order valence-electron chi connectivity index (χ0n) is 18.3. The second kappa shape index (κ2) is 9.26. The van der Waals surface area contributed by atoms with Crippen LogP contribution in [0.4, 0.5) is 11.4 Å². The van der Waals surface area contributed by atoms with Gasteiger partial charge in [0.2, 0.25) is 11.8 Å². The van der Waals surface area contributed by atoms with Gasteiger partial charge in [-0.25, -0.2) is 0 Å². The van der Waals surface area contributed by atoms with Crippen LogP contribution >= 0.6 is 0 Å². The maximum absolute atomic E-state index is 12.9. The monoisotopic (exact) mass is 440 g/mol. The Morgan fingerprint density at radius 1 is 0.848 bits per heavy atom. The van der Waals surface area contributed by atoms with Gasteiger partial charge in [0.15, 0.2) is 0 Å². The first-order valence-corrected chi connectivity index (χ1v) is 10.9. The lowest BCUT2D eigenvalue weighted by molar-refractivity contribution is 0.102. The van der Waals surface area contributed by atoms with Crippen molar-refractivity contribution in [3.63, 3.8) is 0 Å². The Balaban J connectivity index is 1.30. The fourth-order valence-corrected chi connectivity index (χ4v) is 3.77. The molecule has 0 aliphatic carbocycles. The number of nitrogens with one attached hydrogen (secondary N) is 1. The van der Waals surface area contributed by atoms with Crippen molar-refractivity contribution in [3.8, 4) is 22.9 Å². The quantitative estimate of drug-likeness (QED) is 0.480. The number of carbonyl (C=O) groups is 1. The SMILES string of the molecule is Cc1ccc(-c2nnc(-c3ccc(C(=O)Nc4ccccc4N4CCOCC4)cc3)o2)cc1. The molecule has 1 aromatic heterocycles. The number of rotatable bonds is 5. The van der Waals surface area contributed by atoms with Crippen LogP contribution in [-0.2, 0) is 4.74 Å². The normalized spacial score (nSPS) is 13.7. The molecule has 0 atom stereocenters. The smallest absolute Gasteiger partial charge is 0.255 e. The molecule has 7 nitrogen and oxygen atoms in total. The first-order valence-electron chi connectivity index (χ1n) is 10.9. The second-order valence-electron chi connectivity index (χ2n) is 7.93. The van der Waals surface area contributed by atoms with E-state index >= 15 is 0 Å². The number of morpholine rings is 1. The van der Waals surface area contributed by atoms with Crippen molar-refractivity contribution < 1.29 is 13.9 Å². The van der Waals surface area contributed by atoms with Gasteiger partial charge in [-0.15, -0.1) is 10.2 Å². The Morgan fingerprint density at radius 3 is 2.12 bits per heavy atom. The molecule has 1 fully saturated rings. The molecule has 5 rings (SSSR count). The summed E-state index contributed by atoms with van der Waals surface area (Å²) in [6.07, 6.45) is 0. The van der Waals surface area contributed by atoms with Crippen LogP contribution in [-0.4, -0.2) is 42.4 Å². The molecule has 1 saturated heterocycles. The van der Waals surface area contributed by atoms with Gasteiger partial charge in [0, 0.05) is 29.8 Å². The zero-order chi connectivity index (χ0) is 22.6. The summed E-state index contributed by atoms with van der Waals surface area (Å²) >= 11 is 0. The third-order valence-electron chi connectivity index (χ3n) is 5.62. The topological polar surface area (TPSA) is 80.5 Å². The van der Waals surface area contributed by atoms with E-state index in [1.165, 1.54) is 5.56 Å². The molecule has 0 saturated carbocycles. The van der Waals surface area contributed by atoms with E-state index in [1.54, 1.807) is 12.1 Å². The number of benzene rings is 3. The van der Waals surface area contributed by atoms with Crippen molar-refractivity contribution in [2.24, 2.45) is 0 Å². The largest absolute Gasteiger partial charge is 0.416 e. The van der Waals surface area contributed by atoms with Crippen molar-refractivity contribution >= 4 is 17.3 Å². The summed E-state index contributed by atoms with van der Waals surface area (Å²) in [6.45, 7) is 5.00. The maximum atomic E-state index is 12.9. The number of aromatic nitrogens is 2. The summed E-state index contributed by atoms with van der Waals surface area (Å²) in [7, 11) is 0. The number of amides is 1. The van der Waals surface area contributed by atoms with Crippen molar-refractivity contribution in [2.45, 2.75) is 6.92 Å². The number of carbonyl (C=O) groups excluding carboxylic acids is 1. The molecule has 1 amide bonds. The van der Waals surface area contributed by atoms with Crippen LogP contribution in [0.1, 0.15) is 15.9 Å². The molecule has 4 aromatic rings. The minimum Gasteiger partial charge on any atom is -0.416 e. The molecule has 0 spiro atoms. The van der Waals surface area contributed by atoms with Gasteiger partial charge in [0.25, 0.3) is 5.91 Å². The first kappa shape index (κ1) is 20.9. The van der Waals surface area contributed by atoms with Gasteiger partial charge in [-0.05, 0) is 55.5 Å². The predicted octanol–water partition coefficient (Wildman–Crippen LogP) is 4.80. The summed E-state index contributed by atoms with van der Waals surface area (Å²) in [6, 6.07) is 22.9. The number of nitrogens with zero attached hydrogens (tertiary/aromatic N) is 3. The van der Waals surface area contributed by atoms with E-state index < -0.39 is 0 Å². The number of ether oxygens (including phenoxy) is 1. The highest BCUT2D eigenvalue weighted by Crippen LogP contribution is 2.28. The fraction of sp³-hybridized carbons (Fsp3) is 0.192. The van der Waals surface area contributed by atoms with Gasteiger partial charge in [-0.3, -0.25) is 4.79 Å². The molecule has 1 aliphatic heterocycles. The van der Waals surface area contributed by atoms with E-state index in [0.29, 0.717) is 30.6 Å². The minimum absolute atomic E-state index is 0.173. The third-order valence-corrected chi connectivity index (χ3v) is 5.62. The Kier molecular flexibility index (Phi) is 5.87. The van der Waals surface area contributed by atoms with Crippen LogP contribution in [0.2, 0.25) is 0 Å². The molecule has 2 heterocycles. The van der Waals surface area contributed by atoms with Crippen LogP contribution in [0.3, 0.4) is 0 Å².